The molecule has 4 aliphatic carbocycles. The van der Waals surface area contributed by atoms with Crippen LogP contribution in [-0.2, 0) is 19.0 Å². The highest BCUT2D eigenvalue weighted by Gasteiger charge is 2.58. The number of esters is 3. The third-order valence-electron chi connectivity index (χ3n) is 11.1. The van der Waals surface area contributed by atoms with Crippen LogP contribution >= 0.6 is 0 Å². The van der Waals surface area contributed by atoms with E-state index in [4.69, 9.17) is 14.2 Å². The second-order valence-corrected chi connectivity index (χ2v) is 12.9. The number of allylic oxidation sites excluding steroid dienone is 3. The van der Waals surface area contributed by atoms with Crippen LogP contribution in [0.5, 0.6) is 0 Å². The molecule has 3 unspecified atom stereocenters. The molecule has 2 heterocycles. The molecule has 6 rings (SSSR count). The summed E-state index contributed by atoms with van der Waals surface area (Å²) in [6, 6.07) is 5.24. The Labute approximate surface area is 246 Å². The first-order chi connectivity index (χ1) is 20.0. The number of methoxy groups -OCH3 is 2. The molecular weight excluding hydrogens is 534 g/mol. The van der Waals surface area contributed by atoms with Gasteiger partial charge in [-0.25, -0.2) is 9.59 Å². The lowest BCUT2D eigenvalue weighted by molar-refractivity contribution is -0.148. The van der Waals surface area contributed by atoms with Gasteiger partial charge in [0.15, 0.2) is 0 Å². The molecule has 0 spiro atoms. The van der Waals surface area contributed by atoms with Crippen LogP contribution in [0.3, 0.4) is 0 Å². The third-order valence-corrected chi connectivity index (χ3v) is 11.1. The summed E-state index contributed by atoms with van der Waals surface area (Å²) >= 11 is 0. The van der Waals surface area contributed by atoms with Gasteiger partial charge < -0.3 is 18.6 Å². The van der Waals surface area contributed by atoms with Gasteiger partial charge in [-0.3, -0.25) is 9.59 Å². The standard InChI is InChI=1S/C34H39NO7/c1-19(36)42-21-13-15-33(2)20(18-21)9-10-22-23-11-12-25(34(23,3)16-14-24(22)33)30(37)29-28(32(39)41-5)27(31(38)40-4)26-8-6-7-17-35(26)29/h6-9,12,17,21-24H,10-11,13-16,18H2,1-5H3/t21-,22?,23?,24?,33-,34-/m0/s1. The van der Waals surface area contributed by atoms with Gasteiger partial charge in [-0.2, -0.15) is 0 Å². The molecule has 6 atom stereocenters. The van der Waals surface area contributed by atoms with Crippen molar-refractivity contribution in [3.63, 3.8) is 0 Å². The number of pyridine rings is 1. The number of carbonyl (C=O) groups excluding carboxylic acids is 4. The fraction of sp³-hybridized carbons (Fsp3) is 0.529. The van der Waals surface area contributed by atoms with E-state index in [0.717, 1.165) is 44.9 Å². The van der Waals surface area contributed by atoms with Crippen LogP contribution in [-0.4, -0.2) is 48.4 Å². The van der Waals surface area contributed by atoms with Crippen molar-refractivity contribution < 1.29 is 33.4 Å². The second kappa shape index (κ2) is 10.2. The zero-order valence-corrected chi connectivity index (χ0v) is 25.0. The Morgan fingerprint density at radius 1 is 0.881 bits per heavy atom. The number of ketones is 1. The van der Waals surface area contributed by atoms with Crippen molar-refractivity contribution in [2.45, 2.75) is 71.8 Å². The van der Waals surface area contributed by atoms with Gasteiger partial charge in [-0.1, -0.05) is 37.6 Å². The van der Waals surface area contributed by atoms with Gasteiger partial charge in [0.05, 0.1) is 19.7 Å². The van der Waals surface area contributed by atoms with Crippen molar-refractivity contribution in [1.82, 2.24) is 4.40 Å². The molecule has 0 bridgehead atoms. The number of aromatic nitrogens is 1. The van der Waals surface area contributed by atoms with E-state index in [1.165, 1.54) is 26.7 Å². The van der Waals surface area contributed by atoms with Crippen molar-refractivity contribution in [1.29, 1.82) is 0 Å². The minimum atomic E-state index is -0.742. The molecule has 8 heteroatoms. The van der Waals surface area contributed by atoms with Crippen LogP contribution < -0.4 is 0 Å². The molecule has 42 heavy (non-hydrogen) atoms. The first-order valence-electron chi connectivity index (χ1n) is 15.0. The molecule has 2 aromatic heterocycles. The number of Topliss-reactive ketones (excluding diaryl/α,β-unsaturated/α-hetero) is 1. The average Bonchev–Trinajstić information content (AvgIpc) is 3.51. The summed E-state index contributed by atoms with van der Waals surface area (Å²) in [5.41, 5.74) is 2.42. The van der Waals surface area contributed by atoms with Crippen LogP contribution in [0.2, 0.25) is 0 Å². The van der Waals surface area contributed by atoms with Gasteiger partial charge >= 0.3 is 17.9 Å². The van der Waals surface area contributed by atoms with Gasteiger partial charge in [0.25, 0.3) is 0 Å². The van der Waals surface area contributed by atoms with E-state index < -0.39 is 11.9 Å². The Morgan fingerprint density at radius 2 is 1.60 bits per heavy atom. The van der Waals surface area contributed by atoms with E-state index in [2.05, 4.69) is 26.0 Å². The molecule has 0 amide bonds. The Morgan fingerprint density at radius 3 is 2.31 bits per heavy atom. The molecule has 0 aromatic carbocycles. The van der Waals surface area contributed by atoms with E-state index in [9.17, 15) is 19.2 Å². The molecule has 0 saturated heterocycles. The Balaban J connectivity index is 1.36. The number of ether oxygens (including phenoxy) is 3. The Hall–Kier alpha value is -3.68. The third kappa shape index (κ3) is 4.08. The summed E-state index contributed by atoms with van der Waals surface area (Å²) in [7, 11) is 2.51. The minimum Gasteiger partial charge on any atom is -0.465 e. The van der Waals surface area contributed by atoms with Crippen LogP contribution in [0.4, 0.5) is 0 Å². The average molecular weight is 574 g/mol. The van der Waals surface area contributed by atoms with Crippen LogP contribution in [0.1, 0.15) is 96.9 Å². The molecular formula is C34H39NO7. The summed E-state index contributed by atoms with van der Waals surface area (Å²) in [5, 5.41) is 0. The van der Waals surface area contributed by atoms with Crippen molar-refractivity contribution >= 4 is 29.2 Å². The summed E-state index contributed by atoms with van der Waals surface area (Å²) in [5.74, 6) is -0.663. The monoisotopic (exact) mass is 573 g/mol. The molecule has 8 nitrogen and oxygen atoms in total. The molecule has 2 fully saturated rings. The van der Waals surface area contributed by atoms with E-state index in [1.807, 2.05) is 0 Å². The van der Waals surface area contributed by atoms with Gasteiger partial charge in [0, 0.05) is 25.1 Å². The number of carbonyl (C=O) groups is 4. The second-order valence-electron chi connectivity index (χ2n) is 12.9. The first kappa shape index (κ1) is 28.4. The summed E-state index contributed by atoms with van der Waals surface area (Å²) in [6.07, 6.45) is 12.4. The molecule has 4 aliphatic rings. The Bertz CT molecular complexity index is 1560. The van der Waals surface area contributed by atoms with Crippen molar-refractivity contribution in [3.05, 3.63) is 64.5 Å². The van der Waals surface area contributed by atoms with Gasteiger partial charge in [-0.15, -0.1) is 0 Å². The first-order valence-corrected chi connectivity index (χ1v) is 15.0. The van der Waals surface area contributed by atoms with Crippen LogP contribution in [0.15, 0.2) is 47.7 Å². The van der Waals surface area contributed by atoms with Gasteiger partial charge in [0.2, 0.25) is 5.78 Å². The zero-order chi connectivity index (χ0) is 30.0. The molecule has 2 aromatic rings. The largest absolute Gasteiger partial charge is 0.465 e. The van der Waals surface area contributed by atoms with Gasteiger partial charge in [0.1, 0.15) is 22.9 Å². The molecule has 0 N–H and O–H groups in total. The lowest BCUT2D eigenvalue weighted by atomic mass is 9.47. The van der Waals surface area contributed by atoms with E-state index >= 15 is 0 Å². The lowest BCUT2D eigenvalue weighted by Gasteiger charge is -2.57. The molecule has 0 radical (unpaired) electrons. The number of hydrogen-bond acceptors (Lipinski definition) is 7. The number of rotatable bonds is 5. The van der Waals surface area contributed by atoms with Crippen molar-refractivity contribution in [3.8, 4) is 0 Å². The van der Waals surface area contributed by atoms with Crippen molar-refractivity contribution in [2.24, 2.45) is 28.6 Å². The SMILES string of the molecule is COC(=O)c1c(C(=O)OC)c2ccccn2c1C(=O)C1=CCC2C3CC=C4C[C@@H](OC(C)=O)CC[C@]4(C)C3CC[C@]12C. The number of nitrogens with zero attached hydrogens (tertiary/aromatic N) is 1. The maximum atomic E-state index is 14.6. The maximum absolute atomic E-state index is 14.6. The Kier molecular flexibility index (Phi) is 6.94. The number of fused-ring (bicyclic) bond motifs is 6. The quantitative estimate of drug-likeness (QED) is 0.184. The minimum absolute atomic E-state index is 0.0412. The molecule has 222 valence electrons. The topological polar surface area (TPSA) is 100 Å². The maximum Gasteiger partial charge on any atom is 0.341 e. The molecule has 2 saturated carbocycles. The van der Waals surface area contributed by atoms with Crippen LogP contribution in [0, 0.1) is 28.6 Å². The van der Waals surface area contributed by atoms with E-state index in [1.54, 1.807) is 28.8 Å². The lowest BCUT2D eigenvalue weighted by Crippen LogP contribution is -2.50. The fourth-order valence-electron chi connectivity index (χ4n) is 9.05. The predicted octanol–water partition coefficient (Wildman–Crippen LogP) is 6.13. The fourth-order valence-corrected chi connectivity index (χ4v) is 9.05. The predicted molar refractivity (Wildman–Crippen MR) is 155 cm³/mol. The smallest absolute Gasteiger partial charge is 0.341 e. The highest BCUT2D eigenvalue weighted by molar-refractivity contribution is 6.20. The summed E-state index contributed by atoms with van der Waals surface area (Å²) in [4.78, 5) is 52.2. The van der Waals surface area contributed by atoms with E-state index in [0.29, 0.717) is 28.8 Å². The number of hydrogen-bond donors (Lipinski definition) is 0. The van der Waals surface area contributed by atoms with Crippen LogP contribution in [0.25, 0.3) is 5.52 Å². The summed E-state index contributed by atoms with van der Waals surface area (Å²) < 4.78 is 17.3. The highest BCUT2D eigenvalue weighted by atomic mass is 16.5. The summed E-state index contributed by atoms with van der Waals surface area (Å²) in [6.45, 7) is 6.08. The van der Waals surface area contributed by atoms with Gasteiger partial charge in [-0.05, 0) is 79.2 Å². The van der Waals surface area contributed by atoms with E-state index in [-0.39, 0.29) is 45.5 Å². The normalized spacial score (nSPS) is 31.6. The molecule has 0 aliphatic heterocycles. The van der Waals surface area contributed by atoms with Crippen molar-refractivity contribution in [2.75, 3.05) is 14.2 Å². The zero-order valence-electron chi connectivity index (χ0n) is 25.0. The highest BCUT2D eigenvalue weighted by Crippen LogP contribution is 2.65.